The highest BCUT2D eigenvalue weighted by atomic mass is 15.2. The average Bonchev–Trinajstić information content (AvgIpc) is 2.27. The molecule has 1 rings (SSSR count). The molecule has 5 heteroatoms. The van der Waals surface area contributed by atoms with E-state index in [1.807, 2.05) is 7.05 Å². The van der Waals surface area contributed by atoms with Gasteiger partial charge >= 0.3 is 0 Å². The Labute approximate surface area is 110 Å². The fourth-order valence-corrected chi connectivity index (χ4v) is 1.65. The SMILES string of the molecule is CCCCN(C)c1ncnc(NC(C)(C)C)c1N. The number of nitrogen functional groups attached to an aromatic ring is 1. The number of nitrogens with zero attached hydrogens (tertiary/aromatic N) is 3. The molecule has 0 aliphatic carbocycles. The number of nitrogens with one attached hydrogen (secondary N) is 1. The van der Waals surface area contributed by atoms with Gasteiger partial charge in [-0.3, -0.25) is 0 Å². The van der Waals surface area contributed by atoms with E-state index >= 15 is 0 Å². The normalized spacial score (nSPS) is 11.4. The van der Waals surface area contributed by atoms with Gasteiger partial charge in [-0.1, -0.05) is 13.3 Å². The summed E-state index contributed by atoms with van der Waals surface area (Å²) in [5.74, 6) is 1.50. The van der Waals surface area contributed by atoms with E-state index in [-0.39, 0.29) is 5.54 Å². The summed E-state index contributed by atoms with van der Waals surface area (Å²) >= 11 is 0. The van der Waals surface area contributed by atoms with Crippen LogP contribution in [0.3, 0.4) is 0 Å². The quantitative estimate of drug-likeness (QED) is 0.841. The van der Waals surface area contributed by atoms with Crippen LogP contribution in [0.4, 0.5) is 17.3 Å². The van der Waals surface area contributed by atoms with Crippen molar-refractivity contribution in [2.45, 2.75) is 46.1 Å². The molecule has 0 saturated heterocycles. The number of nitrogens with two attached hydrogens (primary N) is 1. The molecule has 0 atom stereocenters. The lowest BCUT2D eigenvalue weighted by atomic mass is 10.1. The number of hydrogen-bond donors (Lipinski definition) is 2. The first-order valence-electron chi connectivity index (χ1n) is 6.45. The maximum Gasteiger partial charge on any atom is 0.157 e. The van der Waals surface area contributed by atoms with Gasteiger partial charge in [-0.25, -0.2) is 9.97 Å². The second-order valence-corrected chi connectivity index (χ2v) is 5.61. The van der Waals surface area contributed by atoms with Crippen molar-refractivity contribution in [3.8, 4) is 0 Å². The third kappa shape index (κ3) is 4.05. The van der Waals surface area contributed by atoms with Gasteiger partial charge in [-0.2, -0.15) is 0 Å². The topological polar surface area (TPSA) is 67.1 Å². The Morgan fingerprint density at radius 1 is 1.33 bits per heavy atom. The summed E-state index contributed by atoms with van der Waals surface area (Å²) in [6, 6.07) is 0. The van der Waals surface area contributed by atoms with Crippen LogP contribution >= 0.6 is 0 Å². The summed E-state index contributed by atoms with van der Waals surface area (Å²) in [6.07, 6.45) is 3.84. The Morgan fingerprint density at radius 2 is 2.00 bits per heavy atom. The monoisotopic (exact) mass is 251 g/mol. The highest BCUT2D eigenvalue weighted by Crippen LogP contribution is 2.27. The minimum Gasteiger partial charge on any atom is -0.393 e. The minimum absolute atomic E-state index is 0.0677. The predicted octanol–water partition coefficient (Wildman–Crippen LogP) is 2.51. The van der Waals surface area contributed by atoms with Crippen LogP contribution in [-0.2, 0) is 0 Å². The second-order valence-electron chi connectivity index (χ2n) is 5.61. The molecule has 3 N–H and O–H groups in total. The van der Waals surface area contributed by atoms with Crippen LogP contribution in [0, 0.1) is 0 Å². The molecule has 0 saturated carbocycles. The molecule has 1 aromatic rings. The molecule has 0 fully saturated rings. The van der Waals surface area contributed by atoms with E-state index in [0.717, 1.165) is 25.2 Å². The van der Waals surface area contributed by atoms with E-state index in [0.29, 0.717) is 11.5 Å². The predicted molar refractivity (Wildman–Crippen MR) is 78.0 cm³/mol. The summed E-state index contributed by atoms with van der Waals surface area (Å²) in [5, 5.41) is 3.30. The van der Waals surface area contributed by atoms with Crippen LogP contribution in [0.15, 0.2) is 6.33 Å². The van der Waals surface area contributed by atoms with Crippen LogP contribution in [-0.4, -0.2) is 29.1 Å². The van der Waals surface area contributed by atoms with Gasteiger partial charge in [0.1, 0.15) is 12.0 Å². The van der Waals surface area contributed by atoms with E-state index in [9.17, 15) is 0 Å². The molecule has 0 spiro atoms. The van der Waals surface area contributed by atoms with Gasteiger partial charge in [0.2, 0.25) is 0 Å². The Bertz CT molecular complexity index is 383. The van der Waals surface area contributed by atoms with Crippen molar-refractivity contribution in [1.29, 1.82) is 0 Å². The standard InChI is InChI=1S/C13H25N5/c1-6-7-8-18(5)12-10(14)11(15-9-16-12)17-13(2,3)4/h9H,6-8,14H2,1-5H3,(H,15,16,17). The van der Waals surface area contributed by atoms with Crippen molar-refractivity contribution in [2.24, 2.45) is 0 Å². The summed E-state index contributed by atoms with van der Waals surface area (Å²) in [5.41, 5.74) is 6.68. The van der Waals surface area contributed by atoms with Crippen LogP contribution in [0.25, 0.3) is 0 Å². The molecule has 18 heavy (non-hydrogen) atoms. The number of hydrogen-bond acceptors (Lipinski definition) is 5. The molecule has 5 nitrogen and oxygen atoms in total. The molecule has 0 aliphatic rings. The molecule has 0 aliphatic heterocycles. The molecule has 0 unspecified atom stereocenters. The molecule has 0 bridgehead atoms. The summed E-state index contributed by atoms with van der Waals surface area (Å²) < 4.78 is 0. The van der Waals surface area contributed by atoms with Crippen molar-refractivity contribution in [3.63, 3.8) is 0 Å². The van der Waals surface area contributed by atoms with Gasteiger partial charge in [-0.05, 0) is 27.2 Å². The van der Waals surface area contributed by atoms with Crippen LogP contribution in [0.2, 0.25) is 0 Å². The molecule has 1 heterocycles. The highest BCUT2D eigenvalue weighted by Gasteiger charge is 2.16. The second kappa shape index (κ2) is 5.89. The van der Waals surface area contributed by atoms with E-state index < -0.39 is 0 Å². The average molecular weight is 251 g/mol. The number of unbranched alkanes of at least 4 members (excludes halogenated alkanes) is 1. The van der Waals surface area contributed by atoms with E-state index in [1.54, 1.807) is 6.33 Å². The fraction of sp³-hybridized carbons (Fsp3) is 0.692. The van der Waals surface area contributed by atoms with Crippen molar-refractivity contribution < 1.29 is 0 Å². The van der Waals surface area contributed by atoms with Crippen LogP contribution in [0.1, 0.15) is 40.5 Å². The van der Waals surface area contributed by atoms with Gasteiger partial charge in [-0.15, -0.1) is 0 Å². The van der Waals surface area contributed by atoms with E-state index in [4.69, 9.17) is 5.73 Å². The third-order valence-electron chi connectivity index (χ3n) is 2.56. The number of anilines is 3. The molecular weight excluding hydrogens is 226 g/mol. The van der Waals surface area contributed by atoms with Gasteiger partial charge < -0.3 is 16.0 Å². The lowest BCUT2D eigenvalue weighted by Crippen LogP contribution is -2.28. The van der Waals surface area contributed by atoms with Gasteiger partial charge in [0.05, 0.1) is 0 Å². The first-order valence-corrected chi connectivity index (χ1v) is 6.45. The Morgan fingerprint density at radius 3 is 2.56 bits per heavy atom. The molecule has 102 valence electrons. The van der Waals surface area contributed by atoms with Crippen molar-refractivity contribution in [1.82, 2.24) is 9.97 Å². The zero-order valence-corrected chi connectivity index (χ0v) is 12.1. The van der Waals surface area contributed by atoms with Crippen molar-refractivity contribution >= 4 is 17.3 Å². The Kier molecular flexibility index (Phi) is 4.76. The summed E-state index contributed by atoms with van der Waals surface area (Å²) in [4.78, 5) is 10.6. The zero-order valence-electron chi connectivity index (χ0n) is 12.1. The smallest absolute Gasteiger partial charge is 0.157 e. The highest BCUT2D eigenvalue weighted by molar-refractivity contribution is 5.75. The van der Waals surface area contributed by atoms with Crippen molar-refractivity contribution in [2.75, 3.05) is 29.5 Å². The largest absolute Gasteiger partial charge is 0.393 e. The van der Waals surface area contributed by atoms with Gasteiger partial charge in [0.25, 0.3) is 0 Å². The first kappa shape index (κ1) is 14.5. The summed E-state index contributed by atoms with van der Waals surface area (Å²) in [7, 11) is 2.01. The van der Waals surface area contributed by atoms with Gasteiger partial charge in [0, 0.05) is 19.1 Å². The number of rotatable bonds is 5. The zero-order chi connectivity index (χ0) is 13.8. The minimum atomic E-state index is -0.0677. The molecule has 0 aromatic carbocycles. The van der Waals surface area contributed by atoms with Crippen LogP contribution < -0.4 is 16.0 Å². The van der Waals surface area contributed by atoms with E-state index in [1.165, 1.54) is 0 Å². The molecule has 0 radical (unpaired) electrons. The van der Waals surface area contributed by atoms with E-state index in [2.05, 4.69) is 47.9 Å². The maximum atomic E-state index is 6.13. The summed E-state index contributed by atoms with van der Waals surface area (Å²) in [6.45, 7) is 9.36. The lowest BCUT2D eigenvalue weighted by molar-refractivity contribution is 0.630. The van der Waals surface area contributed by atoms with Gasteiger partial charge in [0.15, 0.2) is 11.6 Å². The lowest BCUT2D eigenvalue weighted by Gasteiger charge is -2.25. The molecule has 0 amide bonds. The van der Waals surface area contributed by atoms with Crippen molar-refractivity contribution in [3.05, 3.63) is 6.33 Å². The van der Waals surface area contributed by atoms with Crippen LogP contribution in [0.5, 0.6) is 0 Å². The number of aromatic nitrogens is 2. The first-order chi connectivity index (χ1) is 8.35. The molecular formula is C13H25N5. The fourth-order valence-electron chi connectivity index (χ4n) is 1.65. The Balaban J connectivity index is 2.91. The Hall–Kier alpha value is -1.52. The maximum absolute atomic E-state index is 6.13. The third-order valence-corrected chi connectivity index (χ3v) is 2.56. The molecule has 1 aromatic heterocycles.